The van der Waals surface area contributed by atoms with Crippen LogP contribution in [0.3, 0.4) is 0 Å². The average molecular weight is 323 g/mol. The highest BCUT2D eigenvalue weighted by Crippen LogP contribution is 2.23. The van der Waals surface area contributed by atoms with Crippen LogP contribution in [0.1, 0.15) is 29.9 Å². The molecule has 0 radical (unpaired) electrons. The van der Waals surface area contributed by atoms with Gasteiger partial charge >= 0.3 is 0 Å². The molecule has 2 aromatic heterocycles. The summed E-state index contributed by atoms with van der Waals surface area (Å²) >= 11 is 0. The first-order valence-electron chi connectivity index (χ1n) is 8.82. The predicted octanol–water partition coefficient (Wildman–Crippen LogP) is 3.06. The summed E-state index contributed by atoms with van der Waals surface area (Å²) in [5.41, 5.74) is 4.89. The summed E-state index contributed by atoms with van der Waals surface area (Å²) in [4.78, 5) is 7.38. The quantitative estimate of drug-likeness (QED) is 0.803. The van der Waals surface area contributed by atoms with Crippen LogP contribution in [-0.4, -0.2) is 37.7 Å². The van der Waals surface area contributed by atoms with Gasteiger partial charge in [0.15, 0.2) is 0 Å². The number of hydrogen-bond donors (Lipinski definition) is 1. The van der Waals surface area contributed by atoms with Crippen LogP contribution in [0.2, 0.25) is 0 Å². The molecule has 1 fully saturated rings. The molecule has 1 saturated heterocycles. The minimum atomic E-state index is 0.701. The van der Waals surface area contributed by atoms with E-state index in [0.717, 1.165) is 30.9 Å². The number of nitrogens with zero attached hydrogens (tertiary/aromatic N) is 4. The number of likely N-dealkylation sites (tertiary alicyclic amines) is 1. The molecular formula is C19H25N5. The van der Waals surface area contributed by atoms with Crippen LogP contribution in [-0.2, 0) is 20.0 Å². The van der Waals surface area contributed by atoms with E-state index in [1.54, 1.807) is 0 Å². The van der Waals surface area contributed by atoms with E-state index < -0.39 is 0 Å². The van der Waals surface area contributed by atoms with Gasteiger partial charge in [-0.15, -0.1) is 0 Å². The van der Waals surface area contributed by atoms with E-state index in [0.29, 0.717) is 5.92 Å². The molecule has 0 aliphatic carbocycles. The van der Waals surface area contributed by atoms with Gasteiger partial charge in [0.2, 0.25) is 0 Å². The molecule has 0 bridgehead atoms. The van der Waals surface area contributed by atoms with Crippen LogP contribution >= 0.6 is 0 Å². The van der Waals surface area contributed by atoms with Gasteiger partial charge in [0.05, 0.1) is 23.8 Å². The summed E-state index contributed by atoms with van der Waals surface area (Å²) in [6.45, 7) is 5.38. The summed E-state index contributed by atoms with van der Waals surface area (Å²) < 4.78 is 2.23. The number of imidazole rings is 1. The number of piperidine rings is 1. The third-order valence-electron chi connectivity index (χ3n) is 5.27. The fourth-order valence-corrected chi connectivity index (χ4v) is 3.87. The van der Waals surface area contributed by atoms with E-state index in [1.165, 1.54) is 36.2 Å². The SMILES string of the molecule is Cc1cn[nH]c1C[C@@H]1CCCN(Cc2nc3ccccc3n2C)C1. The molecular weight excluding hydrogens is 298 g/mol. The molecule has 1 N–H and O–H groups in total. The van der Waals surface area contributed by atoms with Crippen LogP contribution in [0.4, 0.5) is 0 Å². The number of rotatable bonds is 4. The van der Waals surface area contributed by atoms with Crippen LogP contribution in [0.15, 0.2) is 30.5 Å². The van der Waals surface area contributed by atoms with Gasteiger partial charge in [-0.05, 0) is 56.3 Å². The van der Waals surface area contributed by atoms with Crippen molar-refractivity contribution in [2.45, 2.75) is 32.7 Å². The molecule has 126 valence electrons. The summed E-state index contributed by atoms with van der Waals surface area (Å²) in [6, 6.07) is 8.38. The maximum Gasteiger partial charge on any atom is 0.123 e. The monoisotopic (exact) mass is 323 g/mol. The molecule has 0 amide bonds. The normalized spacial score (nSPS) is 19.2. The first-order chi connectivity index (χ1) is 11.7. The second kappa shape index (κ2) is 6.40. The van der Waals surface area contributed by atoms with Crippen molar-refractivity contribution in [3.05, 3.63) is 47.5 Å². The number of fused-ring (bicyclic) bond motifs is 1. The second-order valence-corrected chi connectivity index (χ2v) is 7.05. The van der Waals surface area contributed by atoms with E-state index >= 15 is 0 Å². The number of aromatic amines is 1. The van der Waals surface area contributed by atoms with E-state index in [1.807, 2.05) is 6.20 Å². The van der Waals surface area contributed by atoms with Crippen molar-refractivity contribution in [1.29, 1.82) is 0 Å². The molecule has 3 aromatic rings. The van der Waals surface area contributed by atoms with Gasteiger partial charge in [-0.3, -0.25) is 10.00 Å². The van der Waals surface area contributed by atoms with Crippen LogP contribution in [0.5, 0.6) is 0 Å². The van der Waals surface area contributed by atoms with Gasteiger partial charge in [0, 0.05) is 19.3 Å². The summed E-state index contributed by atoms with van der Waals surface area (Å²) in [5.74, 6) is 1.86. The Morgan fingerprint density at radius 3 is 2.96 bits per heavy atom. The van der Waals surface area contributed by atoms with Gasteiger partial charge in [0.25, 0.3) is 0 Å². The summed E-state index contributed by atoms with van der Waals surface area (Å²) in [5, 5.41) is 7.32. The summed E-state index contributed by atoms with van der Waals surface area (Å²) in [6.07, 6.45) is 5.60. The average Bonchev–Trinajstić information content (AvgIpc) is 3.13. The van der Waals surface area contributed by atoms with E-state index in [4.69, 9.17) is 4.98 Å². The second-order valence-electron chi connectivity index (χ2n) is 7.05. The highest BCUT2D eigenvalue weighted by molar-refractivity contribution is 5.75. The molecule has 1 aromatic carbocycles. The van der Waals surface area contributed by atoms with Crippen molar-refractivity contribution in [1.82, 2.24) is 24.6 Å². The number of benzene rings is 1. The Kier molecular flexibility index (Phi) is 4.10. The largest absolute Gasteiger partial charge is 0.330 e. The van der Waals surface area contributed by atoms with E-state index in [9.17, 15) is 0 Å². The van der Waals surface area contributed by atoms with Crippen molar-refractivity contribution >= 4 is 11.0 Å². The predicted molar refractivity (Wildman–Crippen MR) is 95.7 cm³/mol. The van der Waals surface area contributed by atoms with Crippen LogP contribution < -0.4 is 0 Å². The van der Waals surface area contributed by atoms with Crippen molar-refractivity contribution < 1.29 is 0 Å². The third-order valence-corrected chi connectivity index (χ3v) is 5.27. The van der Waals surface area contributed by atoms with Gasteiger partial charge < -0.3 is 4.57 Å². The van der Waals surface area contributed by atoms with E-state index in [-0.39, 0.29) is 0 Å². The maximum atomic E-state index is 4.83. The number of aromatic nitrogens is 4. The zero-order valence-corrected chi connectivity index (χ0v) is 14.5. The first-order valence-corrected chi connectivity index (χ1v) is 8.82. The van der Waals surface area contributed by atoms with E-state index in [2.05, 4.69) is 57.9 Å². The number of H-pyrrole nitrogens is 1. The van der Waals surface area contributed by atoms with Gasteiger partial charge in [0.1, 0.15) is 5.82 Å². The topological polar surface area (TPSA) is 49.7 Å². The Balaban J connectivity index is 1.46. The molecule has 24 heavy (non-hydrogen) atoms. The zero-order chi connectivity index (χ0) is 16.5. The molecule has 0 unspecified atom stereocenters. The Labute approximate surface area is 142 Å². The Morgan fingerprint density at radius 2 is 2.17 bits per heavy atom. The first kappa shape index (κ1) is 15.4. The van der Waals surface area contributed by atoms with Crippen molar-refractivity contribution in [2.75, 3.05) is 13.1 Å². The number of hydrogen-bond acceptors (Lipinski definition) is 3. The standard InChI is InChI=1S/C19H25N5/c1-14-11-20-22-17(14)10-15-6-5-9-24(12-15)13-19-21-16-7-3-4-8-18(16)23(19)2/h3-4,7-8,11,15H,5-6,9-10,12-13H2,1-2H3,(H,20,22)/t15-/m0/s1. The van der Waals surface area contributed by atoms with Crippen LogP contribution in [0, 0.1) is 12.8 Å². The highest BCUT2D eigenvalue weighted by Gasteiger charge is 2.22. The zero-order valence-electron chi connectivity index (χ0n) is 14.5. The van der Waals surface area contributed by atoms with Crippen molar-refractivity contribution in [2.24, 2.45) is 13.0 Å². The number of nitrogens with one attached hydrogen (secondary N) is 1. The molecule has 1 atom stereocenters. The fraction of sp³-hybridized carbons (Fsp3) is 0.474. The van der Waals surface area contributed by atoms with Crippen molar-refractivity contribution in [3.63, 3.8) is 0 Å². The van der Waals surface area contributed by atoms with Gasteiger partial charge in [-0.25, -0.2) is 4.98 Å². The minimum Gasteiger partial charge on any atom is -0.330 e. The van der Waals surface area contributed by atoms with Gasteiger partial charge in [-0.1, -0.05) is 12.1 Å². The third kappa shape index (κ3) is 2.96. The molecule has 3 heterocycles. The lowest BCUT2D eigenvalue weighted by atomic mass is 9.92. The van der Waals surface area contributed by atoms with Gasteiger partial charge in [-0.2, -0.15) is 5.10 Å². The lowest BCUT2D eigenvalue weighted by Crippen LogP contribution is -2.36. The van der Waals surface area contributed by atoms with Crippen molar-refractivity contribution in [3.8, 4) is 0 Å². The fourth-order valence-electron chi connectivity index (χ4n) is 3.87. The summed E-state index contributed by atoms with van der Waals surface area (Å²) in [7, 11) is 2.13. The lowest BCUT2D eigenvalue weighted by Gasteiger charge is -2.32. The molecule has 1 aliphatic heterocycles. The molecule has 0 spiro atoms. The molecule has 4 rings (SSSR count). The molecule has 5 heteroatoms. The Morgan fingerprint density at radius 1 is 1.29 bits per heavy atom. The Bertz CT molecular complexity index is 831. The smallest absolute Gasteiger partial charge is 0.123 e. The maximum absolute atomic E-state index is 4.83. The van der Waals surface area contributed by atoms with Crippen LogP contribution in [0.25, 0.3) is 11.0 Å². The highest BCUT2D eigenvalue weighted by atomic mass is 15.2. The number of aryl methyl sites for hydroxylation is 2. The molecule has 1 aliphatic rings. The lowest BCUT2D eigenvalue weighted by molar-refractivity contribution is 0.162. The number of para-hydroxylation sites is 2. The molecule has 5 nitrogen and oxygen atoms in total. The minimum absolute atomic E-state index is 0.701. The Hall–Kier alpha value is -2.14. The molecule has 0 saturated carbocycles.